The molecule has 0 amide bonds. The van der Waals surface area contributed by atoms with Crippen molar-refractivity contribution in [3.8, 4) is 5.75 Å². The summed E-state index contributed by atoms with van der Waals surface area (Å²) in [7, 11) is -4.00. The Kier molecular flexibility index (Phi) is 9.30. The molecule has 0 saturated carbocycles. The second-order valence-corrected chi connectivity index (χ2v) is 10.6. The second kappa shape index (κ2) is 13.0. The number of rotatable bonds is 12. The lowest BCUT2D eigenvalue weighted by molar-refractivity contribution is -0.145. The molecule has 0 spiro atoms. The Hall–Kier alpha value is -3.94. The van der Waals surface area contributed by atoms with Gasteiger partial charge in [-0.05, 0) is 47.9 Å². The summed E-state index contributed by atoms with van der Waals surface area (Å²) in [6, 6.07) is 32.8. The molecule has 0 bridgehead atoms. The molecule has 0 aliphatic carbocycles. The number of benzene rings is 4. The number of nitrogens with one attached hydrogen (secondary N) is 1. The first kappa shape index (κ1) is 27.1. The fourth-order valence-corrected chi connectivity index (χ4v) is 4.92. The van der Waals surface area contributed by atoms with E-state index in [4.69, 9.17) is 8.92 Å². The zero-order valence-electron chi connectivity index (χ0n) is 21.2. The van der Waals surface area contributed by atoms with Gasteiger partial charge in [0.25, 0.3) is 0 Å². The molecule has 0 heterocycles. The van der Waals surface area contributed by atoms with E-state index in [1.54, 1.807) is 30.3 Å². The van der Waals surface area contributed by atoms with Crippen LogP contribution >= 0.6 is 0 Å². The summed E-state index contributed by atoms with van der Waals surface area (Å²) in [6.45, 7) is 3.21. The monoisotopic (exact) mass is 529 g/mol. The van der Waals surface area contributed by atoms with E-state index in [1.165, 1.54) is 12.1 Å². The molecule has 1 N–H and O–H groups in total. The van der Waals surface area contributed by atoms with Gasteiger partial charge in [0.15, 0.2) is 0 Å². The van der Waals surface area contributed by atoms with Crippen molar-refractivity contribution >= 4 is 16.1 Å². The van der Waals surface area contributed by atoms with E-state index in [9.17, 15) is 13.2 Å². The van der Waals surface area contributed by atoms with Crippen LogP contribution in [0.2, 0.25) is 0 Å². The highest BCUT2D eigenvalue weighted by Crippen LogP contribution is 2.26. The van der Waals surface area contributed by atoms with Gasteiger partial charge in [-0.3, -0.25) is 4.79 Å². The molecule has 1 atom stereocenters. The molecule has 0 aliphatic heterocycles. The molecule has 0 saturated heterocycles. The highest BCUT2D eigenvalue weighted by atomic mass is 32.2. The fraction of sp³-hybridized carbons (Fsp3) is 0.194. The third-order valence-corrected chi connectivity index (χ3v) is 7.32. The molecular formula is C31H31NO5S. The average molecular weight is 530 g/mol. The van der Waals surface area contributed by atoms with Gasteiger partial charge >= 0.3 is 16.1 Å². The molecule has 4 aromatic carbocycles. The van der Waals surface area contributed by atoms with Crippen LogP contribution in [-0.4, -0.2) is 20.9 Å². The number of hydrogen-bond acceptors (Lipinski definition) is 6. The van der Waals surface area contributed by atoms with E-state index in [2.05, 4.69) is 5.32 Å². The largest absolute Gasteiger partial charge is 0.461 e. The number of aryl methyl sites for hydroxylation is 1. The number of carbonyl (C=O) groups is 1. The molecule has 4 rings (SSSR count). The number of hydrogen-bond donors (Lipinski definition) is 1. The number of ether oxygens (including phenoxy) is 1. The average Bonchev–Trinajstić information content (AvgIpc) is 2.93. The third kappa shape index (κ3) is 8.03. The minimum atomic E-state index is -4.00. The molecule has 196 valence electrons. The molecular weight excluding hydrogens is 498 g/mol. The standard InChI is InChI=1S/C31H31NO5S/c1-24-15-17-30(18-16-24)38(34,35)37-29-14-8-13-27(19-29)28(22-32-21-25-9-4-2-5-10-25)20-31(33)36-23-26-11-6-3-7-12-26/h2-19,28,32H,20-23H2,1H3. The summed E-state index contributed by atoms with van der Waals surface area (Å²) in [5.74, 6) is -0.402. The molecule has 0 aromatic heterocycles. The molecule has 0 aliphatic rings. The maximum atomic E-state index is 12.8. The lowest BCUT2D eigenvalue weighted by atomic mass is 9.95. The molecule has 6 nitrogen and oxygen atoms in total. The van der Waals surface area contributed by atoms with E-state index >= 15 is 0 Å². The van der Waals surface area contributed by atoms with Crippen LogP contribution in [0.3, 0.4) is 0 Å². The lowest BCUT2D eigenvalue weighted by Crippen LogP contribution is -2.24. The van der Waals surface area contributed by atoms with Gasteiger partial charge < -0.3 is 14.2 Å². The summed E-state index contributed by atoms with van der Waals surface area (Å²) in [5, 5.41) is 3.41. The first-order chi connectivity index (χ1) is 18.4. The normalized spacial score (nSPS) is 12.0. The van der Waals surface area contributed by atoms with Crippen molar-refractivity contribution < 1.29 is 22.1 Å². The maximum Gasteiger partial charge on any atom is 0.339 e. The Morgan fingerprint density at radius 2 is 1.47 bits per heavy atom. The van der Waals surface area contributed by atoms with Crippen molar-refractivity contribution in [3.05, 3.63) is 131 Å². The minimum Gasteiger partial charge on any atom is -0.461 e. The number of carbonyl (C=O) groups excluding carboxylic acids is 1. The molecule has 1 unspecified atom stereocenters. The van der Waals surface area contributed by atoms with Crippen molar-refractivity contribution in [1.29, 1.82) is 0 Å². The van der Waals surface area contributed by atoms with Crippen LogP contribution < -0.4 is 9.50 Å². The van der Waals surface area contributed by atoms with Crippen molar-refractivity contribution in [3.63, 3.8) is 0 Å². The lowest BCUT2D eigenvalue weighted by Gasteiger charge is -2.19. The molecule has 7 heteroatoms. The highest BCUT2D eigenvalue weighted by molar-refractivity contribution is 7.87. The number of esters is 1. The van der Waals surface area contributed by atoms with Crippen LogP contribution in [0.25, 0.3) is 0 Å². The van der Waals surface area contributed by atoms with Crippen LogP contribution in [-0.2, 0) is 32.8 Å². The van der Waals surface area contributed by atoms with Crippen LogP contribution in [0.4, 0.5) is 0 Å². The minimum absolute atomic E-state index is 0.0825. The first-order valence-corrected chi connectivity index (χ1v) is 13.9. The summed E-state index contributed by atoms with van der Waals surface area (Å²) in [5.41, 5.74) is 3.77. The summed E-state index contributed by atoms with van der Waals surface area (Å²) >= 11 is 0. The van der Waals surface area contributed by atoms with E-state index < -0.39 is 10.1 Å². The van der Waals surface area contributed by atoms with Gasteiger partial charge in [0.1, 0.15) is 17.3 Å². The quantitative estimate of drug-likeness (QED) is 0.185. The van der Waals surface area contributed by atoms with E-state index in [1.807, 2.05) is 73.7 Å². The Bertz CT molecular complexity index is 1420. The van der Waals surface area contributed by atoms with E-state index in [0.717, 1.165) is 22.3 Å². The Balaban J connectivity index is 1.48. The van der Waals surface area contributed by atoms with E-state index in [-0.39, 0.29) is 35.6 Å². The molecule has 0 fully saturated rings. The summed E-state index contributed by atoms with van der Waals surface area (Å²) < 4.78 is 36.6. The smallest absolute Gasteiger partial charge is 0.339 e. The van der Waals surface area contributed by atoms with Crippen molar-refractivity contribution in [2.75, 3.05) is 6.54 Å². The molecule has 38 heavy (non-hydrogen) atoms. The fourth-order valence-electron chi connectivity index (χ4n) is 3.99. The predicted octanol–water partition coefficient (Wildman–Crippen LogP) is 5.77. The second-order valence-electron chi connectivity index (χ2n) is 9.09. The van der Waals surface area contributed by atoms with Crippen LogP contribution in [0.1, 0.15) is 34.6 Å². The van der Waals surface area contributed by atoms with Crippen LogP contribution in [0.15, 0.2) is 114 Å². The van der Waals surface area contributed by atoms with Gasteiger partial charge in [-0.25, -0.2) is 0 Å². The topological polar surface area (TPSA) is 81.7 Å². The van der Waals surface area contributed by atoms with Crippen molar-refractivity contribution in [2.45, 2.75) is 37.3 Å². The zero-order valence-corrected chi connectivity index (χ0v) is 22.1. The Labute approximate surface area is 224 Å². The zero-order chi connectivity index (χ0) is 26.8. The predicted molar refractivity (Wildman–Crippen MR) is 147 cm³/mol. The summed E-state index contributed by atoms with van der Waals surface area (Å²) in [4.78, 5) is 12.9. The molecule has 0 radical (unpaired) electrons. The van der Waals surface area contributed by atoms with Gasteiger partial charge in [0.05, 0.1) is 6.42 Å². The Morgan fingerprint density at radius 1 is 0.816 bits per heavy atom. The van der Waals surface area contributed by atoms with Gasteiger partial charge in [0, 0.05) is 19.0 Å². The highest BCUT2D eigenvalue weighted by Gasteiger charge is 2.20. The van der Waals surface area contributed by atoms with Gasteiger partial charge in [0.2, 0.25) is 0 Å². The van der Waals surface area contributed by atoms with Crippen molar-refractivity contribution in [2.24, 2.45) is 0 Å². The molecule has 4 aromatic rings. The maximum absolute atomic E-state index is 12.8. The SMILES string of the molecule is Cc1ccc(S(=O)(=O)Oc2cccc(C(CNCc3ccccc3)CC(=O)OCc3ccccc3)c2)cc1. The van der Waals surface area contributed by atoms with E-state index in [0.29, 0.717) is 13.1 Å². The van der Waals surface area contributed by atoms with Gasteiger partial charge in [-0.1, -0.05) is 90.5 Å². The summed E-state index contributed by atoms with van der Waals surface area (Å²) in [6.07, 6.45) is 0.128. The van der Waals surface area contributed by atoms with Crippen LogP contribution in [0.5, 0.6) is 5.75 Å². The third-order valence-electron chi connectivity index (χ3n) is 6.06. The van der Waals surface area contributed by atoms with Crippen molar-refractivity contribution in [1.82, 2.24) is 5.32 Å². The van der Waals surface area contributed by atoms with Crippen LogP contribution in [0, 0.1) is 6.92 Å². The van der Waals surface area contributed by atoms with Gasteiger partial charge in [-0.2, -0.15) is 8.42 Å². The van der Waals surface area contributed by atoms with Gasteiger partial charge in [-0.15, -0.1) is 0 Å². The first-order valence-electron chi connectivity index (χ1n) is 12.4. The Morgan fingerprint density at radius 3 is 2.16 bits per heavy atom.